The van der Waals surface area contributed by atoms with Gasteiger partial charge >= 0.3 is 0 Å². The van der Waals surface area contributed by atoms with Crippen LogP contribution in [0.25, 0.3) is 22.3 Å². The van der Waals surface area contributed by atoms with Crippen molar-refractivity contribution >= 4 is 11.0 Å². The Kier molecular flexibility index (Phi) is 8.20. The van der Waals surface area contributed by atoms with Gasteiger partial charge in [0.05, 0.1) is 12.7 Å². The Morgan fingerprint density at radius 2 is 1.37 bits per heavy atom. The highest BCUT2D eigenvalue weighted by atomic mass is 16.7. The first-order valence-electron chi connectivity index (χ1n) is 12.7. The van der Waals surface area contributed by atoms with E-state index in [4.69, 9.17) is 23.4 Å². The van der Waals surface area contributed by atoms with Crippen LogP contribution < -0.4 is 14.9 Å². The predicted octanol–water partition coefficient (Wildman–Crippen LogP) is -1.45. The summed E-state index contributed by atoms with van der Waals surface area (Å²) >= 11 is 0. The molecule has 0 radical (unpaired) electrons. The second-order valence-corrected chi connectivity index (χ2v) is 9.93. The summed E-state index contributed by atoms with van der Waals surface area (Å²) in [5.41, 5.74) is -0.212. The third-order valence-electron chi connectivity index (χ3n) is 7.08. The van der Waals surface area contributed by atoms with Crippen LogP contribution in [0.3, 0.4) is 0 Å². The first-order chi connectivity index (χ1) is 19.5. The van der Waals surface area contributed by atoms with Gasteiger partial charge in [0.25, 0.3) is 0 Å². The smallest absolute Gasteiger partial charge is 0.229 e. The second kappa shape index (κ2) is 11.5. The lowest BCUT2D eigenvalue weighted by molar-refractivity contribution is -0.277. The number of benzene rings is 2. The van der Waals surface area contributed by atoms with Gasteiger partial charge in [-0.15, -0.1) is 0 Å². The molecule has 0 unspecified atom stereocenters. The highest BCUT2D eigenvalue weighted by molar-refractivity contribution is 5.86. The van der Waals surface area contributed by atoms with E-state index in [0.717, 1.165) is 6.07 Å². The van der Waals surface area contributed by atoms with E-state index in [1.165, 1.54) is 31.2 Å². The predicted molar refractivity (Wildman–Crippen MR) is 137 cm³/mol. The molecule has 2 fully saturated rings. The molecule has 0 bridgehead atoms. The van der Waals surface area contributed by atoms with Crippen LogP contribution in [0.15, 0.2) is 51.7 Å². The van der Waals surface area contributed by atoms with Crippen LogP contribution in [-0.2, 0) is 9.47 Å². The molecule has 10 atom stereocenters. The molecule has 2 aliphatic heterocycles. The number of hydrogen-bond donors (Lipinski definition) is 8. The average molecular weight is 579 g/mol. The largest absolute Gasteiger partial charge is 0.507 e. The van der Waals surface area contributed by atoms with Gasteiger partial charge in [0, 0.05) is 23.8 Å². The van der Waals surface area contributed by atoms with Crippen LogP contribution in [0.5, 0.6) is 17.2 Å². The zero-order chi connectivity index (χ0) is 29.6. The van der Waals surface area contributed by atoms with E-state index < -0.39 is 79.2 Å². The number of hydrogen-bond acceptors (Lipinski definition) is 14. The molecule has 14 heteroatoms. The zero-order valence-corrected chi connectivity index (χ0v) is 21.5. The summed E-state index contributed by atoms with van der Waals surface area (Å²) in [5.74, 6) is -0.223. The van der Waals surface area contributed by atoms with Gasteiger partial charge in [-0.2, -0.15) is 0 Å². The Bertz CT molecular complexity index is 1420. The first kappa shape index (κ1) is 29.2. The molecular weight excluding hydrogens is 548 g/mol. The summed E-state index contributed by atoms with van der Waals surface area (Å²) in [7, 11) is 0. The fraction of sp³-hybridized carbons (Fsp3) is 0.444. The SMILES string of the molecule is C[C@@H]1O[C@@H](Oc2ccc(-c3cc(=O)c4c(O)cc(O[C@@H]5O[C@@H](CO)[C@@H](O)[C@@H](O)[C@H]5O)cc4o3)cc2)[C@@H](O)[C@@H](O)[C@@H]1O. The van der Waals surface area contributed by atoms with E-state index in [1.54, 1.807) is 12.1 Å². The molecule has 2 aromatic carbocycles. The van der Waals surface area contributed by atoms with E-state index >= 15 is 0 Å². The molecule has 2 aliphatic rings. The molecule has 1 aromatic heterocycles. The number of aliphatic hydroxyl groups is 7. The van der Waals surface area contributed by atoms with Crippen LogP contribution in [0, 0.1) is 0 Å². The van der Waals surface area contributed by atoms with Gasteiger partial charge in [0.15, 0.2) is 5.43 Å². The summed E-state index contributed by atoms with van der Waals surface area (Å²) in [4.78, 5) is 12.8. The van der Waals surface area contributed by atoms with Crippen LogP contribution in [0.4, 0.5) is 0 Å². The molecule has 3 heterocycles. The van der Waals surface area contributed by atoms with Gasteiger partial charge in [-0.3, -0.25) is 4.79 Å². The molecule has 3 aromatic rings. The molecule has 8 N–H and O–H groups in total. The van der Waals surface area contributed by atoms with Crippen molar-refractivity contribution < 1.29 is 64.2 Å². The van der Waals surface area contributed by atoms with E-state index in [2.05, 4.69) is 0 Å². The minimum atomic E-state index is -1.69. The molecule has 14 nitrogen and oxygen atoms in total. The van der Waals surface area contributed by atoms with Crippen molar-refractivity contribution in [3.63, 3.8) is 0 Å². The summed E-state index contributed by atoms with van der Waals surface area (Å²) < 4.78 is 27.8. The fourth-order valence-corrected chi connectivity index (χ4v) is 4.70. The lowest BCUT2D eigenvalue weighted by Gasteiger charge is -2.39. The van der Waals surface area contributed by atoms with Gasteiger partial charge in [-0.05, 0) is 31.2 Å². The van der Waals surface area contributed by atoms with E-state index in [1.807, 2.05) is 0 Å². The summed E-state index contributed by atoms with van der Waals surface area (Å²) in [5, 5.41) is 79.9. The molecule has 0 spiro atoms. The van der Waals surface area contributed by atoms with Crippen molar-refractivity contribution in [2.24, 2.45) is 0 Å². The number of rotatable bonds is 6. The van der Waals surface area contributed by atoms with Crippen molar-refractivity contribution in [3.8, 4) is 28.6 Å². The summed E-state index contributed by atoms with van der Waals surface area (Å²) in [6, 6.07) is 9.65. The van der Waals surface area contributed by atoms with Crippen molar-refractivity contribution in [3.05, 3.63) is 52.7 Å². The van der Waals surface area contributed by atoms with Gasteiger partial charge in [0.1, 0.15) is 76.7 Å². The number of ether oxygens (including phenoxy) is 4. The maximum Gasteiger partial charge on any atom is 0.229 e. The van der Waals surface area contributed by atoms with Crippen LogP contribution in [0.1, 0.15) is 6.92 Å². The van der Waals surface area contributed by atoms with E-state index in [-0.39, 0.29) is 28.2 Å². The van der Waals surface area contributed by atoms with Crippen LogP contribution in [-0.4, -0.2) is 109 Å². The van der Waals surface area contributed by atoms with Crippen LogP contribution >= 0.6 is 0 Å². The Labute approximate surface area is 231 Å². The standard InChI is InChI=1S/C27H30O14/c1-10-20(31)22(33)24(35)26(37-10)38-12-4-2-11(3-5-12)16-8-15(30)19-14(29)6-13(7-17(19)40-16)39-27-25(36)23(34)21(32)18(9-28)41-27/h2-8,10,18,20-29,31-36H,9H2,1H3/t10-,18-,20+,21+,22-,23+,24-,25+,26-,27+/m0/s1. The van der Waals surface area contributed by atoms with Crippen molar-refractivity contribution in [1.82, 2.24) is 0 Å². The molecule has 2 saturated heterocycles. The van der Waals surface area contributed by atoms with E-state index in [9.17, 15) is 45.6 Å². The maximum atomic E-state index is 12.8. The van der Waals surface area contributed by atoms with Crippen molar-refractivity contribution in [1.29, 1.82) is 0 Å². The average Bonchev–Trinajstić information content (AvgIpc) is 2.95. The minimum Gasteiger partial charge on any atom is -0.507 e. The molecule has 0 amide bonds. The van der Waals surface area contributed by atoms with Crippen molar-refractivity contribution in [2.75, 3.05) is 6.61 Å². The van der Waals surface area contributed by atoms with E-state index in [0.29, 0.717) is 5.56 Å². The monoisotopic (exact) mass is 578 g/mol. The Hall–Kier alpha value is -3.31. The molecule has 0 aliphatic carbocycles. The quantitative estimate of drug-likeness (QED) is 0.167. The molecular formula is C27H30O14. The van der Waals surface area contributed by atoms with Gasteiger partial charge < -0.3 is 64.2 Å². The maximum absolute atomic E-state index is 12.8. The highest BCUT2D eigenvalue weighted by Crippen LogP contribution is 2.34. The normalized spacial score (nSPS) is 34.0. The molecule has 5 rings (SSSR count). The third-order valence-corrected chi connectivity index (χ3v) is 7.08. The highest BCUT2D eigenvalue weighted by Gasteiger charge is 2.45. The number of aromatic hydroxyl groups is 1. The molecule has 0 saturated carbocycles. The minimum absolute atomic E-state index is 0.0762. The summed E-state index contributed by atoms with van der Waals surface area (Å²) in [6.45, 7) is 0.868. The Morgan fingerprint density at radius 1 is 0.756 bits per heavy atom. The number of aliphatic hydroxyl groups excluding tert-OH is 7. The topological polar surface area (TPSA) is 229 Å². The lowest BCUT2D eigenvalue weighted by Crippen LogP contribution is -2.60. The number of phenols is 1. The number of phenolic OH excluding ortho intramolecular Hbond substituents is 1. The zero-order valence-electron chi connectivity index (χ0n) is 21.5. The Morgan fingerprint density at radius 3 is 2.02 bits per heavy atom. The second-order valence-electron chi connectivity index (χ2n) is 9.93. The number of fused-ring (bicyclic) bond motifs is 1. The lowest BCUT2D eigenvalue weighted by atomic mass is 9.99. The molecule has 222 valence electrons. The first-order valence-corrected chi connectivity index (χ1v) is 12.7. The van der Waals surface area contributed by atoms with Gasteiger partial charge in [-0.25, -0.2) is 0 Å². The van der Waals surface area contributed by atoms with Gasteiger partial charge in [-0.1, -0.05) is 0 Å². The third kappa shape index (κ3) is 5.61. The van der Waals surface area contributed by atoms with Crippen LogP contribution in [0.2, 0.25) is 0 Å². The Balaban J connectivity index is 1.38. The molecule has 41 heavy (non-hydrogen) atoms. The fourth-order valence-electron chi connectivity index (χ4n) is 4.70. The van der Waals surface area contributed by atoms with Crippen molar-refractivity contribution in [2.45, 2.75) is 68.3 Å². The summed E-state index contributed by atoms with van der Waals surface area (Å²) in [6.07, 6.45) is -13.9. The van der Waals surface area contributed by atoms with Gasteiger partial charge in [0.2, 0.25) is 12.6 Å².